The molecule has 5 nitrogen and oxygen atoms in total. The SMILES string of the molecule is CCCCC/C(CNC(=O)/N=C\c1ccccc1)=C(\CCCCC)C(N)=O. The minimum absolute atomic E-state index is 0.319. The van der Waals surface area contributed by atoms with Crippen LogP contribution in [-0.2, 0) is 4.79 Å². The smallest absolute Gasteiger partial charge is 0.341 e. The largest absolute Gasteiger partial charge is 0.366 e. The van der Waals surface area contributed by atoms with E-state index in [-0.39, 0.29) is 5.91 Å². The highest BCUT2D eigenvalue weighted by Gasteiger charge is 2.13. The molecule has 0 bridgehead atoms. The molecule has 0 radical (unpaired) electrons. The number of carbonyl (C=O) groups excluding carboxylic acids is 2. The van der Waals surface area contributed by atoms with Crippen molar-refractivity contribution in [3.05, 3.63) is 47.0 Å². The highest BCUT2D eigenvalue weighted by atomic mass is 16.2. The normalized spacial score (nSPS) is 12.1. The van der Waals surface area contributed by atoms with Gasteiger partial charge in [0.25, 0.3) is 0 Å². The van der Waals surface area contributed by atoms with E-state index in [1.54, 1.807) is 0 Å². The molecule has 1 aromatic carbocycles. The topological polar surface area (TPSA) is 84.6 Å². The number of amides is 3. The molecule has 27 heavy (non-hydrogen) atoms. The molecule has 0 aliphatic heterocycles. The molecule has 0 saturated carbocycles. The molecule has 0 spiro atoms. The number of nitrogens with zero attached hydrogens (tertiary/aromatic N) is 1. The van der Waals surface area contributed by atoms with E-state index < -0.39 is 6.03 Å². The molecule has 1 aromatic rings. The van der Waals surface area contributed by atoms with E-state index in [1.165, 1.54) is 6.21 Å². The maximum absolute atomic E-state index is 12.1. The summed E-state index contributed by atoms with van der Waals surface area (Å²) in [6.07, 6.45) is 9.24. The third kappa shape index (κ3) is 9.73. The number of urea groups is 1. The summed E-state index contributed by atoms with van der Waals surface area (Å²) in [7, 11) is 0. The van der Waals surface area contributed by atoms with Crippen LogP contribution in [0.4, 0.5) is 4.79 Å². The van der Waals surface area contributed by atoms with E-state index >= 15 is 0 Å². The van der Waals surface area contributed by atoms with Gasteiger partial charge in [0.15, 0.2) is 0 Å². The predicted molar refractivity (Wildman–Crippen MR) is 112 cm³/mol. The van der Waals surface area contributed by atoms with Crippen LogP contribution in [0.3, 0.4) is 0 Å². The first kappa shape index (κ1) is 22.6. The molecule has 0 unspecified atom stereocenters. The summed E-state index contributed by atoms with van der Waals surface area (Å²) >= 11 is 0. The van der Waals surface area contributed by atoms with Gasteiger partial charge in [-0.05, 0) is 36.8 Å². The highest BCUT2D eigenvalue weighted by molar-refractivity contribution is 5.93. The van der Waals surface area contributed by atoms with E-state index in [9.17, 15) is 9.59 Å². The molecule has 0 aromatic heterocycles. The Morgan fingerprint density at radius 2 is 1.63 bits per heavy atom. The van der Waals surface area contributed by atoms with Gasteiger partial charge in [-0.25, -0.2) is 9.79 Å². The number of aliphatic imine (C=N–C) groups is 1. The molecule has 3 N–H and O–H groups in total. The van der Waals surface area contributed by atoms with E-state index in [0.29, 0.717) is 18.5 Å². The maximum atomic E-state index is 12.1. The zero-order valence-corrected chi connectivity index (χ0v) is 16.7. The molecule has 0 fully saturated rings. The van der Waals surface area contributed by atoms with E-state index in [0.717, 1.165) is 56.1 Å². The summed E-state index contributed by atoms with van der Waals surface area (Å²) in [4.78, 5) is 27.9. The van der Waals surface area contributed by atoms with Crippen molar-refractivity contribution in [2.75, 3.05) is 6.54 Å². The molecule has 0 heterocycles. The van der Waals surface area contributed by atoms with Crippen molar-refractivity contribution in [3.8, 4) is 0 Å². The van der Waals surface area contributed by atoms with Crippen molar-refractivity contribution in [2.45, 2.75) is 65.2 Å². The van der Waals surface area contributed by atoms with Crippen molar-refractivity contribution in [1.29, 1.82) is 0 Å². The lowest BCUT2D eigenvalue weighted by Gasteiger charge is -2.14. The Bertz CT molecular complexity index is 636. The predicted octanol–water partition coefficient (Wildman–Crippen LogP) is 4.76. The summed E-state index contributed by atoms with van der Waals surface area (Å²) in [5, 5.41) is 2.80. The van der Waals surface area contributed by atoms with Gasteiger partial charge in [0.1, 0.15) is 0 Å². The Morgan fingerprint density at radius 3 is 2.22 bits per heavy atom. The minimum atomic E-state index is -0.413. The van der Waals surface area contributed by atoms with Gasteiger partial charge in [-0.1, -0.05) is 69.9 Å². The molecular formula is C22H33N3O2. The first-order valence-corrected chi connectivity index (χ1v) is 9.96. The lowest BCUT2D eigenvalue weighted by molar-refractivity contribution is -0.114. The quantitative estimate of drug-likeness (QED) is 0.315. The second kappa shape index (κ2) is 13.7. The second-order valence-corrected chi connectivity index (χ2v) is 6.69. The van der Waals surface area contributed by atoms with Crippen LogP contribution < -0.4 is 11.1 Å². The van der Waals surface area contributed by atoms with Gasteiger partial charge in [-0.15, -0.1) is 0 Å². The molecule has 148 valence electrons. The highest BCUT2D eigenvalue weighted by Crippen LogP contribution is 2.18. The van der Waals surface area contributed by atoms with Crippen LogP contribution in [0.1, 0.15) is 70.8 Å². The lowest BCUT2D eigenvalue weighted by Crippen LogP contribution is -2.26. The van der Waals surface area contributed by atoms with Crippen LogP contribution in [0.25, 0.3) is 0 Å². The van der Waals surface area contributed by atoms with Crippen molar-refractivity contribution >= 4 is 18.2 Å². The van der Waals surface area contributed by atoms with Crippen LogP contribution in [0.2, 0.25) is 0 Å². The monoisotopic (exact) mass is 371 g/mol. The number of hydrogen-bond donors (Lipinski definition) is 2. The zero-order valence-electron chi connectivity index (χ0n) is 16.7. The van der Waals surface area contributed by atoms with E-state index in [2.05, 4.69) is 24.2 Å². The minimum Gasteiger partial charge on any atom is -0.366 e. The van der Waals surface area contributed by atoms with Gasteiger partial charge >= 0.3 is 6.03 Å². The van der Waals surface area contributed by atoms with Gasteiger partial charge in [0, 0.05) is 18.3 Å². The molecule has 0 aliphatic rings. The Morgan fingerprint density at radius 1 is 1.00 bits per heavy atom. The summed E-state index contributed by atoms with van der Waals surface area (Å²) in [6, 6.07) is 9.04. The van der Waals surface area contributed by atoms with Crippen molar-refractivity contribution in [2.24, 2.45) is 10.7 Å². The van der Waals surface area contributed by atoms with Crippen molar-refractivity contribution < 1.29 is 9.59 Å². The number of benzene rings is 1. The standard InChI is InChI=1S/C22H33N3O2/c1-3-5-8-14-19(20(21(23)26)15-9-6-4-2)17-25-22(27)24-16-18-12-10-7-11-13-18/h7,10-13,16H,3-6,8-9,14-15,17H2,1-2H3,(H2,23,26)(H,25,27)/b20-19-,24-16-. The summed E-state index contributed by atoms with van der Waals surface area (Å²) < 4.78 is 0. The average Bonchev–Trinajstić information content (AvgIpc) is 2.67. The third-order valence-electron chi connectivity index (χ3n) is 4.42. The van der Waals surface area contributed by atoms with Gasteiger partial charge in [-0.2, -0.15) is 0 Å². The van der Waals surface area contributed by atoms with Gasteiger partial charge in [0.2, 0.25) is 5.91 Å². The Balaban J connectivity index is 2.76. The summed E-state index contributed by atoms with van der Waals surface area (Å²) in [5.74, 6) is -0.375. The van der Waals surface area contributed by atoms with Crippen LogP contribution >= 0.6 is 0 Å². The summed E-state index contributed by atoms with van der Waals surface area (Å²) in [6.45, 7) is 4.58. The average molecular weight is 372 g/mol. The molecular weight excluding hydrogens is 338 g/mol. The number of hydrogen-bond acceptors (Lipinski definition) is 2. The van der Waals surface area contributed by atoms with Crippen LogP contribution in [0, 0.1) is 0 Å². The van der Waals surface area contributed by atoms with Crippen molar-refractivity contribution in [3.63, 3.8) is 0 Å². The van der Waals surface area contributed by atoms with Crippen LogP contribution in [-0.4, -0.2) is 24.7 Å². The number of rotatable bonds is 12. The lowest BCUT2D eigenvalue weighted by atomic mass is 9.96. The Labute approximate surface area is 163 Å². The van der Waals surface area contributed by atoms with Gasteiger partial charge in [0.05, 0.1) is 0 Å². The molecule has 0 aliphatic carbocycles. The number of nitrogens with two attached hydrogens (primary N) is 1. The first-order chi connectivity index (χ1) is 13.1. The fourth-order valence-corrected chi connectivity index (χ4v) is 2.86. The maximum Gasteiger partial charge on any atom is 0.341 e. The fraction of sp³-hybridized carbons (Fsp3) is 0.500. The third-order valence-corrected chi connectivity index (χ3v) is 4.42. The Kier molecular flexibility index (Phi) is 11.5. The molecule has 0 saturated heterocycles. The molecule has 1 rings (SSSR count). The summed E-state index contributed by atoms with van der Waals surface area (Å²) in [5.41, 5.74) is 8.10. The molecule has 5 heteroatoms. The number of primary amides is 1. The second-order valence-electron chi connectivity index (χ2n) is 6.69. The van der Waals surface area contributed by atoms with E-state index in [1.807, 2.05) is 30.3 Å². The fourth-order valence-electron chi connectivity index (χ4n) is 2.86. The Hall–Kier alpha value is -2.43. The van der Waals surface area contributed by atoms with Crippen LogP contribution in [0.5, 0.6) is 0 Å². The number of unbranched alkanes of at least 4 members (excludes halogenated alkanes) is 4. The van der Waals surface area contributed by atoms with Gasteiger partial charge in [-0.3, -0.25) is 4.79 Å². The van der Waals surface area contributed by atoms with Gasteiger partial charge < -0.3 is 11.1 Å². The van der Waals surface area contributed by atoms with E-state index in [4.69, 9.17) is 5.73 Å². The number of nitrogens with one attached hydrogen (secondary N) is 1. The number of carbonyl (C=O) groups is 2. The zero-order chi connectivity index (χ0) is 19.9. The van der Waals surface area contributed by atoms with Crippen LogP contribution in [0.15, 0.2) is 46.5 Å². The molecule has 0 atom stereocenters. The molecule has 3 amide bonds. The van der Waals surface area contributed by atoms with Crippen molar-refractivity contribution in [1.82, 2.24) is 5.32 Å². The first-order valence-electron chi connectivity index (χ1n) is 9.96.